The maximum absolute atomic E-state index is 11.5. The van der Waals surface area contributed by atoms with E-state index in [1.165, 1.54) is 20.0 Å². The SMILES string of the molecule is CC/C=C/[C@H](CC)C[C@@H](C)C[C@]1(CC)C[C@H](C)[C@H](CC(=O)OC)OO1. The van der Waals surface area contributed by atoms with E-state index in [9.17, 15) is 4.79 Å². The van der Waals surface area contributed by atoms with Gasteiger partial charge >= 0.3 is 5.97 Å². The summed E-state index contributed by atoms with van der Waals surface area (Å²) in [4.78, 5) is 23.0. The minimum atomic E-state index is -0.244. The van der Waals surface area contributed by atoms with E-state index in [0.29, 0.717) is 11.8 Å². The molecule has 0 aromatic rings. The van der Waals surface area contributed by atoms with Gasteiger partial charge in [0.15, 0.2) is 0 Å². The molecule has 0 radical (unpaired) electrons. The molecule has 146 valence electrons. The van der Waals surface area contributed by atoms with Crippen LogP contribution in [0.15, 0.2) is 12.2 Å². The molecule has 1 saturated heterocycles. The van der Waals surface area contributed by atoms with E-state index in [2.05, 4.69) is 46.8 Å². The van der Waals surface area contributed by atoms with Crippen LogP contribution in [-0.2, 0) is 19.3 Å². The lowest BCUT2D eigenvalue weighted by atomic mass is 9.77. The Kier molecular flexibility index (Phi) is 9.73. The minimum Gasteiger partial charge on any atom is -0.469 e. The summed E-state index contributed by atoms with van der Waals surface area (Å²) in [5, 5.41) is 0. The molecule has 5 atom stereocenters. The zero-order valence-corrected chi connectivity index (χ0v) is 17.0. The Morgan fingerprint density at radius 2 is 2.08 bits per heavy atom. The topological polar surface area (TPSA) is 44.8 Å². The highest BCUT2D eigenvalue weighted by Crippen LogP contribution is 2.40. The van der Waals surface area contributed by atoms with Gasteiger partial charge in [0.2, 0.25) is 0 Å². The van der Waals surface area contributed by atoms with Crippen molar-refractivity contribution in [3.63, 3.8) is 0 Å². The average molecular weight is 355 g/mol. The first-order chi connectivity index (χ1) is 11.9. The molecule has 0 N–H and O–H groups in total. The summed E-state index contributed by atoms with van der Waals surface area (Å²) in [5.74, 6) is 1.24. The number of carbonyl (C=O) groups is 1. The van der Waals surface area contributed by atoms with Crippen molar-refractivity contribution in [1.82, 2.24) is 0 Å². The van der Waals surface area contributed by atoms with Crippen LogP contribution >= 0.6 is 0 Å². The maximum Gasteiger partial charge on any atom is 0.308 e. The predicted octanol–water partition coefficient (Wildman–Crippen LogP) is 5.46. The number of esters is 1. The second-order valence-corrected chi connectivity index (χ2v) is 7.77. The van der Waals surface area contributed by atoms with Gasteiger partial charge in [-0.1, -0.05) is 46.8 Å². The lowest BCUT2D eigenvalue weighted by Gasteiger charge is -2.43. The molecule has 0 aromatic carbocycles. The minimum absolute atomic E-state index is 0.210. The van der Waals surface area contributed by atoms with Crippen molar-refractivity contribution in [3.8, 4) is 0 Å². The normalized spacial score (nSPS) is 29.5. The Labute approximate surface area is 154 Å². The monoisotopic (exact) mass is 354 g/mol. The van der Waals surface area contributed by atoms with Crippen molar-refractivity contribution >= 4 is 5.97 Å². The van der Waals surface area contributed by atoms with Crippen LogP contribution < -0.4 is 0 Å². The molecule has 4 nitrogen and oxygen atoms in total. The first-order valence-corrected chi connectivity index (χ1v) is 9.97. The third kappa shape index (κ3) is 7.10. The second-order valence-electron chi connectivity index (χ2n) is 7.77. The second kappa shape index (κ2) is 11.0. The highest BCUT2D eigenvalue weighted by atomic mass is 17.2. The van der Waals surface area contributed by atoms with Crippen molar-refractivity contribution in [3.05, 3.63) is 12.2 Å². The van der Waals surface area contributed by atoms with Crippen LogP contribution in [0.2, 0.25) is 0 Å². The zero-order chi connectivity index (χ0) is 18.9. The summed E-state index contributed by atoms with van der Waals surface area (Å²) < 4.78 is 4.75. The van der Waals surface area contributed by atoms with Crippen molar-refractivity contribution in [1.29, 1.82) is 0 Å². The van der Waals surface area contributed by atoms with Crippen molar-refractivity contribution in [2.45, 2.75) is 91.3 Å². The van der Waals surface area contributed by atoms with Crippen molar-refractivity contribution < 1.29 is 19.3 Å². The highest BCUT2D eigenvalue weighted by molar-refractivity contribution is 5.69. The van der Waals surface area contributed by atoms with Gasteiger partial charge in [0, 0.05) is 0 Å². The van der Waals surface area contributed by atoms with Gasteiger partial charge in [0.1, 0.15) is 11.7 Å². The van der Waals surface area contributed by atoms with Crippen LogP contribution in [0.4, 0.5) is 0 Å². The fourth-order valence-electron chi connectivity index (χ4n) is 3.90. The van der Waals surface area contributed by atoms with Gasteiger partial charge in [-0.2, -0.15) is 0 Å². The fraction of sp³-hybridized carbons (Fsp3) is 0.857. The van der Waals surface area contributed by atoms with E-state index in [-0.39, 0.29) is 30.0 Å². The molecular formula is C21H38O4. The van der Waals surface area contributed by atoms with Gasteiger partial charge in [0.25, 0.3) is 0 Å². The lowest BCUT2D eigenvalue weighted by Crippen LogP contribution is -2.45. The molecule has 25 heavy (non-hydrogen) atoms. The number of methoxy groups -OCH3 is 1. The molecule has 1 aliphatic heterocycles. The van der Waals surface area contributed by atoms with E-state index >= 15 is 0 Å². The summed E-state index contributed by atoms with van der Waals surface area (Å²) in [6.07, 6.45) is 11.0. The molecule has 4 heteroatoms. The van der Waals surface area contributed by atoms with Gasteiger partial charge in [0.05, 0.1) is 13.5 Å². The molecule has 0 spiro atoms. The highest BCUT2D eigenvalue weighted by Gasteiger charge is 2.42. The van der Waals surface area contributed by atoms with Crippen LogP contribution in [0.1, 0.15) is 79.6 Å². The summed E-state index contributed by atoms with van der Waals surface area (Å²) in [6, 6.07) is 0. The van der Waals surface area contributed by atoms with E-state index in [0.717, 1.165) is 25.7 Å². The summed E-state index contributed by atoms with van der Waals surface area (Å²) in [7, 11) is 1.41. The Morgan fingerprint density at radius 3 is 2.60 bits per heavy atom. The van der Waals surface area contributed by atoms with Gasteiger partial charge < -0.3 is 4.74 Å². The standard InChI is InChI=1S/C21H38O4/c1-7-10-11-18(8-2)12-16(4)14-21(9-3)15-17(5)19(24-25-21)13-20(22)23-6/h10-11,16-19H,7-9,12-15H2,1-6H3/b11-10+/t16-,17+,18+,19+,21-/m1/s1. The Bertz CT molecular complexity index is 420. The zero-order valence-electron chi connectivity index (χ0n) is 17.0. The number of hydrogen-bond acceptors (Lipinski definition) is 4. The Hall–Kier alpha value is -0.870. The summed E-state index contributed by atoms with van der Waals surface area (Å²) in [5.41, 5.74) is -0.238. The van der Waals surface area contributed by atoms with E-state index in [1.54, 1.807) is 0 Å². The van der Waals surface area contributed by atoms with Gasteiger partial charge in [-0.3, -0.25) is 4.79 Å². The van der Waals surface area contributed by atoms with E-state index < -0.39 is 0 Å². The quantitative estimate of drug-likeness (QED) is 0.297. The molecule has 0 saturated carbocycles. The predicted molar refractivity (Wildman–Crippen MR) is 101 cm³/mol. The van der Waals surface area contributed by atoms with Crippen LogP contribution in [0.3, 0.4) is 0 Å². The smallest absolute Gasteiger partial charge is 0.308 e. The van der Waals surface area contributed by atoms with Gasteiger partial charge in [-0.05, 0) is 56.3 Å². The average Bonchev–Trinajstić information content (AvgIpc) is 2.60. The molecule has 1 aliphatic rings. The maximum atomic E-state index is 11.5. The Balaban J connectivity index is 2.62. The molecule has 1 fully saturated rings. The summed E-state index contributed by atoms with van der Waals surface area (Å²) in [6.45, 7) is 11.1. The van der Waals surface area contributed by atoms with Crippen LogP contribution in [0.5, 0.6) is 0 Å². The lowest BCUT2D eigenvalue weighted by molar-refractivity contribution is -0.423. The number of ether oxygens (including phenoxy) is 1. The van der Waals surface area contributed by atoms with Gasteiger partial charge in [-0.15, -0.1) is 0 Å². The fourth-order valence-corrected chi connectivity index (χ4v) is 3.90. The van der Waals surface area contributed by atoms with Crippen LogP contribution in [0, 0.1) is 17.8 Å². The molecule has 0 aromatic heterocycles. The van der Waals surface area contributed by atoms with Gasteiger partial charge in [-0.25, -0.2) is 9.78 Å². The number of allylic oxidation sites excluding steroid dienone is 2. The molecule has 0 unspecified atom stereocenters. The molecular weight excluding hydrogens is 316 g/mol. The van der Waals surface area contributed by atoms with E-state index in [4.69, 9.17) is 14.5 Å². The van der Waals surface area contributed by atoms with Crippen molar-refractivity contribution in [2.75, 3.05) is 7.11 Å². The number of hydrogen-bond donors (Lipinski definition) is 0. The van der Waals surface area contributed by atoms with Crippen LogP contribution in [0.25, 0.3) is 0 Å². The first-order valence-electron chi connectivity index (χ1n) is 9.97. The van der Waals surface area contributed by atoms with Crippen LogP contribution in [-0.4, -0.2) is 24.8 Å². The number of carbonyl (C=O) groups excluding carboxylic acids is 1. The molecule has 0 bridgehead atoms. The van der Waals surface area contributed by atoms with Crippen molar-refractivity contribution in [2.24, 2.45) is 17.8 Å². The third-order valence-electron chi connectivity index (χ3n) is 5.51. The first kappa shape index (κ1) is 22.2. The molecule has 0 aliphatic carbocycles. The molecule has 1 rings (SSSR count). The van der Waals surface area contributed by atoms with E-state index in [1.807, 2.05) is 0 Å². The third-order valence-corrected chi connectivity index (χ3v) is 5.51. The molecule has 0 amide bonds. The largest absolute Gasteiger partial charge is 0.469 e. The molecule has 1 heterocycles. The number of rotatable bonds is 10. The summed E-state index contributed by atoms with van der Waals surface area (Å²) >= 11 is 0. The Morgan fingerprint density at radius 1 is 1.36 bits per heavy atom.